The van der Waals surface area contributed by atoms with E-state index in [9.17, 15) is 9.59 Å². The van der Waals surface area contributed by atoms with Crippen molar-refractivity contribution in [3.05, 3.63) is 11.3 Å². The van der Waals surface area contributed by atoms with E-state index in [2.05, 4.69) is 0 Å². The molecular formula is C8H8ClNO3S. The third-order valence-electron chi connectivity index (χ3n) is 2.30. The summed E-state index contributed by atoms with van der Waals surface area (Å²) in [5.74, 6) is -0.397. The summed E-state index contributed by atoms with van der Waals surface area (Å²) in [7, 11) is 0. The second kappa shape index (κ2) is 3.47. The molecule has 1 amide bonds. The van der Waals surface area contributed by atoms with Gasteiger partial charge >= 0.3 is 5.97 Å². The number of carbonyl (C=O) groups excluding carboxylic acids is 1. The van der Waals surface area contributed by atoms with Gasteiger partial charge in [-0.05, 0) is 5.57 Å². The summed E-state index contributed by atoms with van der Waals surface area (Å²) in [6, 6.07) is 0. The Morgan fingerprint density at radius 3 is 2.93 bits per heavy atom. The standard InChI is InChI=1S/C8H8ClNO3S/c9-2-4-3-14-6-1-5(11)10(6)7(4)8(12)13/h6H,1-3H2,(H,12,13)/t6-/m1/s1. The molecule has 1 N–H and O–H groups in total. The van der Waals surface area contributed by atoms with E-state index < -0.39 is 5.97 Å². The Balaban J connectivity index is 2.37. The number of aliphatic carboxylic acids is 1. The Labute approximate surface area is 89.9 Å². The van der Waals surface area contributed by atoms with Crippen LogP contribution in [0.2, 0.25) is 0 Å². The maximum Gasteiger partial charge on any atom is 0.352 e. The lowest BCUT2D eigenvalue weighted by Gasteiger charge is -2.43. The Morgan fingerprint density at radius 2 is 2.43 bits per heavy atom. The van der Waals surface area contributed by atoms with Crippen LogP contribution in [0, 0.1) is 0 Å². The van der Waals surface area contributed by atoms with Gasteiger partial charge in [-0.25, -0.2) is 4.79 Å². The highest BCUT2D eigenvalue weighted by Gasteiger charge is 2.44. The molecule has 2 aliphatic heterocycles. The van der Waals surface area contributed by atoms with Gasteiger partial charge in [-0.1, -0.05) is 0 Å². The van der Waals surface area contributed by atoms with E-state index in [4.69, 9.17) is 16.7 Å². The molecule has 2 rings (SSSR count). The van der Waals surface area contributed by atoms with Crippen molar-refractivity contribution in [2.45, 2.75) is 11.8 Å². The number of carboxylic acid groups (broad SMARTS) is 1. The quantitative estimate of drug-likeness (QED) is 0.568. The van der Waals surface area contributed by atoms with Crippen molar-refractivity contribution >= 4 is 35.2 Å². The van der Waals surface area contributed by atoms with Gasteiger partial charge < -0.3 is 5.11 Å². The first-order chi connectivity index (χ1) is 6.65. The van der Waals surface area contributed by atoms with Crippen LogP contribution in [-0.2, 0) is 9.59 Å². The number of hydrogen-bond acceptors (Lipinski definition) is 3. The van der Waals surface area contributed by atoms with Crippen LogP contribution in [0.1, 0.15) is 6.42 Å². The Morgan fingerprint density at radius 1 is 1.71 bits per heavy atom. The number of halogens is 1. The predicted octanol–water partition coefficient (Wildman–Crippen LogP) is 0.869. The lowest BCUT2D eigenvalue weighted by atomic mass is 10.1. The molecule has 6 heteroatoms. The number of nitrogens with zero attached hydrogens (tertiary/aromatic N) is 1. The first-order valence-electron chi connectivity index (χ1n) is 4.10. The van der Waals surface area contributed by atoms with E-state index >= 15 is 0 Å². The van der Waals surface area contributed by atoms with Crippen LogP contribution in [0.5, 0.6) is 0 Å². The van der Waals surface area contributed by atoms with Crippen molar-refractivity contribution in [3.63, 3.8) is 0 Å². The van der Waals surface area contributed by atoms with Crippen LogP contribution in [0.4, 0.5) is 0 Å². The Hall–Kier alpha value is -0.680. The molecule has 0 aromatic rings. The number of alkyl halides is 1. The highest BCUT2D eigenvalue weighted by atomic mass is 35.5. The van der Waals surface area contributed by atoms with E-state index in [1.54, 1.807) is 11.8 Å². The number of thioether (sulfide) groups is 1. The molecule has 1 saturated heterocycles. The average Bonchev–Trinajstić information content (AvgIpc) is 2.15. The zero-order valence-electron chi connectivity index (χ0n) is 7.20. The number of hydrogen-bond donors (Lipinski definition) is 1. The Bertz CT molecular complexity index is 341. The van der Waals surface area contributed by atoms with Crippen molar-refractivity contribution in [2.24, 2.45) is 0 Å². The predicted molar refractivity (Wildman–Crippen MR) is 53.1 cm³/mol. The second-order valence-corrected chi connectivity index (χ2v) is 4.56. The molecular weight excluding hydrogens is 226 g/mol. The van der Waals surface area contributed by atoms with Gasteiger partial charge in [0.2, 0.25) is 5.91 Å². The van der Waals surface area contributed by atoms with E-state index in [-0.39, 0.29) is 22.9 Å². The fraction of sp³-hybridized carbons (Fsp3) is 0.500. The molecule has 0 bridgehead atoms. The van der Waals surface area contributed by atoms with Crippen molar-refractivity contribution < 1.29 is 14.7 Å². The third kappa shape index (κ3) is 1.31. The third-order valence-corrected chi connectivity index (χ3v) is 3.90. The normalized spacial score (nSPS) is 25.9. The summed E-state index contributed by atoms with van der Waals surface area (Å²) in [6.07, 6.45) is 0.441. The minimum atomic E-state index is -1.06. The number of amides is 1. The Kier molecular flexibility index (Phi) is 2.45. The summed E-state index contributed by atoms with van der Waals surface area (Å²) < 4.78 is 0. The molecule has 4 nitrogen and oxygen atoms in total. The fourth-order valence-electron chi connectivity index (χ4n) is 1.58. The summed E-state index contributed by atoms with van der Waals surface area (Å²) in [5.41, 5.74) is 0.730. The molecule has 0 spiro atoms. The molecule has 0 aliphatic carbocycles. The van der Waals surface area contributed by atoms with Crippen LogP contribution >= 0.6 is 23.4 Å². The zero-order valence-corrected chi connectivity index (χ0v) is 8.77. The van der Waals surface area contributed by atoms with Gasteiger partial charge in [0.25, 0.3) is 0 Å². The van der Waals surface area contributed by atoms with Crippen molar-refractivity contribution in [3.8, 4) is 0 Å². The number of rotatable bonds is 2. The maximum atomic E-state index is 11.2. The van der Waals surface area contributed by atoms with Crippen LogP contribution in [0.25, 0.3) is 0 Å². The monoisotopic (exact) mass is 233 g/mol. The molecule has 1 atom stereocenters. The molecule has 0 unspecified atom stereocenters. The summed E-state index contributed by atoms with van der Waals surface area (Å²) >= 11 is 7.20. The summed E-state index contributed by atoms with van der Waals surface area (Å²) in [5, 5.41) is 8.97. The van der Waals surface area contributed by atoms with Gasteiger partial charge in [-0.2, -0.15) is 0 Å². The van der Waals surface area contributed by atoms with Gasteiger partial charge in [-0.3, -0.25) is 9.69 Å². The molecule has 76 valence electrons. The molecule has 0 radical (unpaired) electrons. The number of carboxylic acids is 1. The average molecular weight is 234 g/mol. The van der Waals surface area contributed by atoms with Gasteiger partial charge in [0.1, 0.15) is 5.70 Å². The van der Waals surface area contributed by atoms with E-state index in [1.165, 1.54) is 4.90 Å². The van der Waals surface area contributed by atoms with Crippen molar-refractivity contribution in [2.75, 3.05) is 11.6 Å². The smallest absolute Gasteiger partial charge is 0.352 e. The van der Waals surface area contributed by atoms with E-state index in [0.29, 0.717) is 17.7 Å². The molecule has 0 aromatic heterocycles. The zero-order chi connectivity index (χ0) is 10.3. The largest absolute Gasteiger partial charge is 0.477 e. The molecule has 0 saturated carbocycles. The van der Waals surface area contributed by atoms with Crippen LogP contribution in [0.15, 0.2) is 11.3 Å². The minimum absolute atomic E-state index is 0.0144. The molecule has 2 heterocycles. The first kappa shape index (κ1) is 9.86. The number of β-lactam (4-membered cyclic amide) rings is 1. The number of fused-ring (bicyclic) bond motifs is 1. The van der Waals surface area contributed by atoms with Crippen LogP contribution in [-0.4, -0.2) is 38.9 Å². The lowest BCUT2D eigenvalue weighted by Crippen LogP contribution is -2.54. The topological polar surface area (TPSA) is 57.6 Å². The SMILES string of the molecule is O=C(O)C1=C(CCl)CS[C@@H]2CC(=O)N12. The molecule has 14 heavy (non-hydrogen) atoms. The second-order valence-electron chi connectivity index (χ2n) is 3.12. The van der Waals surface area contributed by atoms with E-state index in [0.717, 1.165) is 0 Å². The first-order valence-corrected chi connectivity index (χ1v) is 5.68. The minimum Gasteiger partial charge on any atom is -0.477 e. The lowest BCUT2D eigenvalue weighted by molar-refractivity contribution is -0.146. The van der Waals surface area contributed by atoms with Crippen molar-refractivity contribution in [1.29, 1.82) is 0 Å². The number of carbonyl (C=O) groups is 2. The fourth-order valence-corrected chi connectivity index (χ4v) is 3.18. The highest BCUT2D eigenvalue weighted by Crippen LogP contribution is 2.39. The highest BCUT2D eigenvalue weighted by molar-refractivity contribution is 8.00. The molecule has 0 aromatic carbocycles. The van der Waals surface area contributed by atoms with Crippen LogP contribution in [0.3, 0.4) is 0 Å². The van der Waals surface area contributed by atoms with Crippen LogP contribution < -0.4 is 0 Å². The summed E-state index contributed by atoms with van der Waals surface area (Å²) in [6.45, 7) is 0. The molecule has 1 fully saturated rings. The van der Waals surface area contributed by atoms with Gasteiger partial charge in [0, 0.05) is 11.6 Å². The summed E-state index contributed by atoms with van der Waals surface area (Å²) in [4.78, 5) is 23.5. The van der Waals surface area contributed by atoms with Gasteiger partial charge in [0.15, 0.2) is 0 Å². The van der Waals surface area contributed by atoms with Gasteiger partial charge in [-0.15, -0.1) is 23.4 Å². The van der Waals surface area contributed by atoms with Crippen molar-refractivity contribution in [1.82, 2.24) is 4.90 Å². The van der Waals surface area contributed by atoms with Gasteiger partial charge in [0.05, 0.1) is 11.8 Å². The van der Waals surface area contributed by atoms with E-state index in [1.807, 2.05) is 0 Å². The molecule has 2 aliphatic rings. The maximum absolute atomic E-state index is 11.2.